The third-order valence-corrected chi connectivity index (χ3v) is 15.6. The maximum Gasteiger partial charge on any atom is 0.472 e. The second-order valence-corrected chi connectivity index (χ2v) is 25.4. The van der Waals surface area contributed by atoms with E-state index in [9.17, 15) is 19.0 Å². The minimum Gasteiger partial charge on any atom is -0.456 e. The minimum absolute atomic E-state index is 0.0261. The van der Waals surface area contributed by atoms with E-state index in [4.69, 9.17) is 13.8 Å². The van der Waals surface area contributed by atoms with E-state index < -0.39 is 20.0 Å². The molecule has 1 amide bonds. The van der Waals surface area contributed by atoms with Gasteiger partial charge in [0.25, 0.3) is 0 Å². The molecule has 0 saturated heterocycles. The Hall–Kier alpha value is -3.85. The predicted octanol–water partition coefficient (Wildman–Crippen LogP) is 22.0. The standard InChI is InChI=1S/C75H129N2O7P/c1-7-10-13-16-19-22-25-28-30-32-34-36-38-40-42-44-46-49-52-55-58-61-64-67-74(78)76-72(71-83-85(80,81)82-70-69-77(4,5)6)73(66-63-60-57-54-51-48-27-24-21-18-15-12-9-3)84-75(79)68-65-62-59-56-53-50-47-45-43-41-39-37-35-33-31-29-26-23-20-17-14-11-8-2/h11,14,19-20,22-23,28-31,34-37,40-43,47,50,63,66,72-73H,7-10,12-13,15-18,21,24-27,32-33,38-39,44-46,48-49,51-62,64-65,67-71H2,1-6H3,(H-,76,78,80,81)/p+1/b14-11-,22-19-,23-20-,30-28-,31-29-,36-34-,37-35-,42-40-,43-41-,50-47-,66-63+. The summed E-state index contributed by atoms with van der Waals surface area (Å²) in [6, 6.07) is -0.876. The van der Waals surface area contributed by atoms with Crippen LogP contribution in [-0.2, 0) is 27.9 Å². The number of carbonyl (C=O) groups is 2. The smallest absolute Gasteiger partial charge is 0.456 e. The number of amides is 1. The van der Waals surface area contributed by atoms with Crippen molar-refractivity contribution in [2.24, 2.45) is 0 Å². The molecule has 0 aliphatic heterocycles. The van der Waals surface area contributed by atoms with Crippen molar-refractivity contribution in [3.8, 4) is 0 Å². The molecule has 0 radical (unpaired) electrons. The molecule has 0 aliphatic rings. The molecule has 0 heterocycles. The monoisotopic (exact) mass is 1200 g/mol. The molecule has 2 N–H and O–H groups in total. The van der Waals surface area contributed by atoms with Crippen LogP contribution in [0.15, 0.2) is 134 Å². The SMILES string of the molecule is CC/C=C\C/C=C\C/C=C\C/C=C\C/C=C\C/C=C\CCCCCCC(=O)OC(/C=C/CCCCCCCCCCCCC)C(COP(=O)(O)OCC[N+](C)(C)C)NC(=O)CCCCCCCCC/C=C\C/C=C\C/C=C\C/C=C\CCCCC. The van der Waals surface area contributed by atoms with Crippen LogP contribution in [-0.4, -0.2) is 74.3 Å². The number of allylic oxidation sites excluding steroid dienone is 21. The Labute approximate surface area is 524 Å². The largest absolute Gasteiger partial charge is 0.472 e. The number of hydrogen-bond acceptors (Lipinski definition) is 6. The quantitative estimate of drug-likeness (QED) is 0.0205. The summed E-state index contributed by atoms with van der Waals surface area (Å²) in [5.41, 5.74) is 0. The highest BCUT2D eigenvalue weighted by molar-refractivity contribution is 7.47. The van der Waals surface area contributed by atoms with Crippen LogP contribution < -0.4 is 5.32 Å². The van der Waals surface area contributed by atoms with Crippen LogP contribution in [0.2, 0.25) is 0 Å². The highest BCUT2D eigenvalue weighted by Gasteiger charge is 2.30. The summed E-state index contributed by atoms with van der Waals surface area (Å²) < 4.78 is 30.8. The van der Waals surface area contributed by atoms with Gasteiger partial charge in [0.2, 0.25) is 5.91 Å². The van der Waals surface area contributed by atoms with Crippen molar-refractivity contribution in [3.63, 3.8) is 0 Å². The van der Waals surface area contributed by atoms with Gasteiger partial charge in [0.05, 0.1) is 33.8 Å². The molecule has 0 rings (SSSR count). The predicted molar refractivity (Wildman–Crippen MR) is 369 cm³/mol. The van der Waals surface area contributed by atoms with Crippen molar-refractivity contribution in [1.82, 2.24) is 5.32 Å². The van der Waals surface area contributed by atoms with Crippen molar-refractivity contribution < 1.29 is 37.3 Å². The molecule has 0 bridgehead atoms. The maximum absolute atomic E-state index is 13.6. The number of unbranched alkanes of at least 4 members (excludes halogenated alkanes) is 25. The molecule has 486 valence electrons. The zero-order valence-electron chi connectivity index (χ0n) is 55.6. The minimum atomic E-state index is -4.47. The maximum atomic E-state index is 13.6. The Bertz CT molecular complexity index is 1920. The Morgan fingerprint density at radius 2 is 0.753 bits per heavy atom. The molecule has 3 atom stereocenters. The summed E-state index contributed by atoms with van der Waals surface area (Å²) in [4.78, 5) is 37.9. The Morgan fingerprint density at radius 3 is 1.15 bits per heavy atom. The van der Waals surface area contributed by atoms with Gasteiger partial charge >= 0.3 is 13.8 Å². The fourth-order valence-corrected chi connectivity index (χ4v) is 10.0. The number of phosphoric ester groups is 1. The third kappa shape index (κ3) is 64.5. The highest BCUT2D eigenvalue weighted by atomic mass is 31.2. The molecule has 0 aromatic heterocycles. The molecular weight excluding hydrogens is 1070 g/mol. The Morgan fingerprint density at radius 1 is 0.424 bits per heavy atom. The zero-order valence-corrected chi connectivity index (χ0v) is 56.4. The van der Waals surface area contributed by atoms with E-state index in [-0.39, 0.29) is 31.5 Å². The van der Waals surface area contributed by atoms with Crippen LogP contribution in [0.4, 0.5) is 0 Å². The molecule has 0 aliphatic carbocycles. The lowest BCUT2D eigenvalue weighted by Crippen LogP contribution is -2.47. The summed E-state index contributed by atoms with van der Waals surface area (Å²) in [6.45, 7) is 6.84. The first-order valence-corrected chi connectivity index (χ1v) is 36.0. The van der Waals surface area contributed by atoms with Crippen LogP contribution in [0.3, 0.4) is 0 Å². The molecule has 9 nitrogen and oxygen atoms in total. The van der Waals surface area contributed by atoms with Crippen LogP contribution >= 0.6 is 7.82 Å². The number of rotatable bonds is 61. The Kier molecular flexibility index (Phi) is 60.3. The average Bonchev–Trinajstić information content (AvgIpc) is 3.52. The van der Waals surface area contributed by atoms with Gasteiger partial charge in [-0.15, -0.1) is 0 Å². The molecule has 0 aromatic rings. The van der Waals surface area contributed by atoms with Crippen molar-refractivity contribution in [2.45, 2.75) is 290 Å². The van der Waals surface area contributed by atoms with Crippen molar-refractivity contribution in [1.29, 1.82) is 0 Å². The number of quaternary nitrogens is 1. The number of esters is 1. The van der Waals surface area contributed by atoms with Crippen molar-refractivity contribution in [2.75, 3.05) is 40.9 Å². The highest BCUT2D eigenvalue weighted by Crippen LogP contribution is 2.43. The lowest BCUT2D eigenvalue weighted by Gasteiger charge is -2.27. The van der Waals surface area contributed by atoms with Gasteiger partial charge < -0.3 is 19.4 Å². The normalized spacial score (nSPS) is 14.4. The van der Waals surface area contributed by atoms with E-state index in [1.54, 1.807) is 0 Å². The van der Waals surface area contributed by atoms with E-state index in [2.05, 4.69) is 148 Å². The second kappa shape index (κ2) is 63.2. The Balaban J connectivity index is 5.27. The number of hydrogen-bond donors (Lipinski definition) is 2. The molecule has 10 heteroatoms. The van der Waals surface area contributed by atoms with Crippen LogP contribution in [0.1, 0.15) is 278 Å². The van der Waals surface area contributed by atoms with Crippen LogP contribution in [0.5, 0.6) is 0 Å². The first-order valence-electron chi connectivity index (χ1n) is 34.5. The molecule has 3 unspecified atom stereocenters. The summed E-state index contributed by atoms with van der Waals surface area (Å²) in [7, 11) is 1.46. The zero-order chi connectivity index (χ0) is 62.1. The molecule has 0 aromatic carbocycles. The summed E-state index contributed by atoms with van der Waals surface area (Å²) in [6.07, 6.45) is 90.2. The number of likely N-dealkylation sites (N-methyl/N-ethyl adjacent to an activating group) is 1. The van der Waals surface area contributed by atoms with Gasteiger partial charge in [0.15, 0.2) is 0 Å². The molecule has 0 spiro atoms. The third-order valence-electron chi connectivity index (χ3n) is 14.6. The van der Waals surface area contributed by atoms with Gasteiger partial charge in [0, 0.05) is 12.8 Å². The lowest BCUT2D eigenvalue weighted by atomic mass is 10.0. The topological polar surface area (TPSA) is 111 Å². The first kappa shape index (κ1) is 81.2. The van der Waals surface area contributed by atoms with Gasteiger partial charge in [-0.25, -0.2) is 4.57 Å². The summed E-state index contributed by atoms with van der Waals surface area (Å²) in [5, 5.41) is 3.05. The fourth-order valence-electron chi connectivity index (χ4n) is 9.28. The number of phosphoric acid groups is 1. The molecule has 0 fully saturated rings. The van der Waals surface area contributed by atoms with E-state index >= 15 is 0 Å². The van der Waals surface area contributed by atoms with Gasteiger partial charge in [-0.2, -0.15) is 0 Å². The molecule has 85 heavy (non-hydrogen) atoms. The van der Waals surface area contributed by atoms with Gasteiger partial charge in [-0.05, 0) is 128 Å². The first-order chi connectivity index (χ1) is 41.4. The van der Waals surface area contributed by atoms with Crippen molar-refractivity contribution in [3.05, 3.63) is 134 Å². The van der Waals surface area contributed by atoms with Crippen LogP contribution in [0, 0.1) is 0 Å². The number of nitrogens with one attached hydrogen (secondary N) is 1. The summed E-state index contributed by atoms with van der Waals surface area (Å²) in [5.74, 6) is -0.552. The average molecular weight is 1200 g/mol. The number of nitrogens with zero attached hydrogens (tertiary/aromatic N) is 1. The van der Waals surface area contributed by atoms with Crippen LogP contribution in [0.25, 0.3) is 0 Å². The molecular formula is C75H130N2O7P+. The number of carbonyl (C=O) groups excluding carboxylic acids is 2. The number of ether oxygens (including phenoxy) is 1. The van der Waals surface area contributed by atoms with E-state index in [1.165, 1.54) is 103 Å². The van der Waals surface area contributed by atoms with E-state index in [0.717, 1.165) is 135 Å². The van der Waals surface area contributed by atoms with Gasteiger partial charge in [-0.3, -0.25) is 18.6 Å². The van der Waals surface area contributed by atoms with Gasteiger partial charge in [0.1, 0.15) is 19.3 Å². The lowest BCUT2D eigenvalue weighted by molar-refractivity contribution is -0.870. The summed E-state index contributed by atoms with van der Waals surface area (Å²) >= 11 is 0. The second-order valence-electron chi connectivity index (χ2n) is 24.0. The fraction of sp³-hybridized carbons (Fsp3) is 0.680. The van der Waals surface area contributed by atoms with E-state index in [0.29, 0.717) is 23.9 Å². The van der Waals surface area contributed by atoms with E-state index in [1.807, 2.05) is 33.3 Å². The van der Waals surface area contributed by atoms with Gasteiger partial charge in [-0.1, -0.05) is 270 Å². The molecule has 0 saturated carbocycles. The van der Waals surface area contributed by atoms with Crippen molar-refractivity contribution >= 4 is 19.7 Å².